The second-order valence-electron chi connectivity index (χ2n) is 5.43. The highest BCUT2D eigenvalue weighted by atomic mass is 32.1. The molecule has 1 atom stereocenters. The van der Waals surface area contributed by atoms with E-state index >= 15 is 0 Å². The molecule has 22 heavy (non-hydrogen) atoms. The topological polar surface area (TPSA) is 68.5 Å². The van der Waals surface area contributed by atoms with Gasteiger partial charge in [-0.1, -0.05) is 30.3 Å². The third-order valence-corrected chi connectivity index (χ3v) is 4.82. The molecule has 2 aromatic rings. The van der Waals surface area contributed by atoms with Gasteiger partial charge in [0, 0.05) is 30.1 Å². The lowest BCUT2D eigenvalue weighted by Gasteiger charge is -2.31. The zero-order valence-corrected chi connectivity index (χ0v) is 13.1. The van der Waals surface area contributed by atoms with Crippen molar-refractivity contribution in [1.29, 1.82) is 0 Å². The number of likely N-dealkylation sites (tertiary alicyclic amines) is 1. The van der Waals surface area contributed by atoms with Gasteiger partial charge in [0.15, 0.2) is 5.13 Å². The molecule has 0 aliphatic carbocycles. The Morgan fingerprint density at radius 1 is 1.41 bits per heavy atom. The molecule has 1 aromatic heterocycles. The fourth-order valence-corrected chi connectivity index (χ4v) is 3.49. The third-order valence-electron chi connectivity index (χ3n) is 3.83. The number of ether oxygens (including phenoxy) is 1. The van der Waals surface area contributed by atoms with Gasteiger partial charge in [0.2, 0.25) is 0 Å². The predicted molar refractivity (Wildman–Crippen MR) is 86.7 cm³/mol. The number of piperidine rings is 1. The molecule has 0 spiro atoms. The summed E-state index contributed by atoms with van der Waals surface area (Å²) in [6, 6.07) is 9.72. The van der Waals surface area contributed by atoms with Gasteiger partial charge in [-0.15, -0.1) is 11.3 Å². The van der Waals surface area contributed by atoms with Crippen molar-refractivity contribution >= 4 is 22.6 Å². The Hall–Kier alpha value is -2.08. The number of hydrogen-bond acceptors (Lipinski definition) is 5. The van der Waals surface area contributed by atoms with E-state index in [1.807, 2.05) is 36.5 Å². The second-order valence-corrected chi connectivity index (χ2v) is 6.52. The Kier molecular flexibility index (Phi) is 4.58. The van der Waals surface area contributed by atoms with Crippen molar-refractivity contribution in [3.8, 4) is 0 Å². The van der Waals surface area contributed by atoms with Crippen LogP contribution in [-0.2, 0) is 11.3 Å². The summed E-state index contributed by atoms with van der Waals surface area (Å²) in [5.41, 5.74) is 6.69. The third kappa shape index (κ3) is 3.57. The number of rotatable bonds is 3. The maximum Gasteiger partial charge on any atom is 0.410 e. The number of carbonyl (C=O) groups excluding carboxylic acids is 1. The molecule has 3 rings (SSSR count). The molecule has 0 unspecified atom stereocenters. The van der Waals surface area contributed by atoms with E-state index < -0.39 is 0 Å². The molecule has 2 heterocycles. The summed E-state index contributed by atoms with van der Waals surface area (Å²) in [5, 5.41) is 0.582. The minimum Gasteiger partial charge on any atom is -0.445 e. The van der Waals surface area contributed by atoms with Gasteiger partial charge in [0.25, 0.3) is 0 Å². The highest BCUT2D eigenvalue weighted by Crippen LogP contribution is 2.31. The van der Waals surface area contributed by atoms with Crippen molar-refractivity contribution < 1.29 is 9.53 Å². The first-order valence-corrected chi connectivity index (χ1v) is 8.21. The minimum absolute atomic E-state index is 0.244. The number of hydrogen-bond donors (Lipinski definition) is 1. The van der Waals surface area contributed by atoms with Gasteiger partial charge in [-0.3, -0.25) is 0 Å². The average molecular weight is 317 g/mol. The Labute approximate surface area is 133 Å². The molecule has 1 aromatic carbocycles. The van der Waals surface area contributed by atoms with E-state index in [0.29, 0.717) is 24.2 Å². The number of carbonyl (C=O) groups is 1. The number of thiazole rings is 1. The largest absolute Gasteiger partial charge is 0.445 e. The zero-order valence-electron chi connectivity index (χ0n) is 12.3. The zero-order chi connectivity index (χ0) is 15.4. The summed E-state index contributed by atoms with van der Waals surface area (Å²) in [7, 11) is 0. The molecule has 5 nitrogen and oxygen atoms in total. The highest BCUT2D eigenvalue weighted by molar-refractivity contribution is 7.15. The van der Waals surface area contributed by atoms with Crippen LogP contribution in [0, 0.1) is 0 Å². The van der Waals surface area contributed by atoms with E-state index in [1.54, 1.807) is 4.90 Å². The first-order valence-electron chi connectivity index (χ1n) is 7.39. The van der Waals surface area contributed by atoms with E-state index in [4.69, 9.17) is 10.5 Å². The molecule has 0 saturated carbocycles. The van der Waals surface area contributed by atoms with Crippen LogP contribution in [0.2, 0.25) is 0 Å². The summed E-state index contributed by atoms with van der Waals surface area (Å²) >= 11 is 1.51. The van der Waals surface area contributed by atoms with Crippen molar-refractivity contribution in [1.82, 2.24) is 9.88 Å². The summed E-state index contributed by atoms with van der Waals surface area (Å²) in [6.45, 7) is 1.74. The first-order chi connectivity index (χ1) is 10.7. The van der Waals surface area contributed by atoms with E-state index in [0.717, 1.165) is 29.8 Å². The smallest absolute Gasteiger partial charge is 0.410 e. The summed E-state index contributed by atoms with van der Waals surface area (Å²) in [4.78, 5) is 19.3. The second kappa shape index (κ2) is 6.79. The Morgan fingerprint density at radius 3 is 2.95 bits per heavy atom. The maximum absolute atomic E-state index is 12.2. The monoisotopic (exact) mass is 317 g/mol. The van der Waals surface area contributed by atoms with E-state index in [9.17, 15) is 4.79 Å². The van der Waals surface area contributed by atoms with Crippen LogP contribution >= 0.6 is 11.3 Å². The van der Waals surface area contributed by atoms with Crippen molar-refractivity contribution in [2.75, 3.05) is 18.8 Å². The number of anilines is 1. The SMILES string of the molecule is Nc1ncc([C@@H]2CCCN(C(=O)OCc3ccccc3)C2)s1. The molecular weight excluding hydrogens is 298 g/mol. The number of nitrogens with zero attached hydrogens (tertiary/aromatic N) is 2. The lowest BCUT2D eigenvalue weighted by Crippen LogP contribution is -2.39. The number of aromatic nitrogens is 1. The molecule has 116 valence electrons. The van der Waals surface area contributed by atoms with Crippen LogP contribution in [0.4, 0.5) is 9.93 Å². The van der Waals surface area contributed by atoms with Crippen LogP contribution in [0.3, 0.4) is 0 Å². The summed E-state index contributed by atoms with van der Waals surface area (Å²) in [5.74, 6) is 0.313. The van der Waals surface area contributed by atoms with Gasteiger partial charge in [0.1, 0.15) is 6.61 Å². The van der Waals surface area contributed by atoms with E-state index in [1.165, 1.54) is 11.3 Å². The number of nitrogen functional groups attached to an aromatic ring is 1. The van der Waals surface area contributed by atoms with Crippen LogP contribution in [-0.4, -0.2) is 29.1 Å². The Balaban J connectivity index is 1.56. The van der Waals surface area contributed by atoms with Crippen molar-refractivity contribution in [2.45, 2.75) is 25.4 Å². The number of amides is 1. The molecule has 1 fully saturated rings. The summed E-state index contributed by atoms with van der Waals surface area (Å²) < 4.78 is 5.41. The van der Waals surface area contributed by atoms with Crippen LogP contribution in [0.15, 0.2) is 36.5 Å². The Bertz CT molecular complexity index is 629. The van der Waals surface area contributed by atoms with Crippen LogP contribution in [0.25, 0.3) is 0 Å². The first kappa shape index (κ1) is 14.8. The van der Waals surface area contributed by atoms with Gasteiger partial charge in [0.05, 0.1) is 0 Å². The minimum atomic E-state index is -0.244. The Morgan fingerprint density at radius 2 is 2.23 bits per heavy atom. The van der Waals surface area contributed by atoms with Crippen LogP contribution in [0.1, 0.15) is 29.2 Å². The molecule has 0 radical (unpaired) electrons. The highest BCUT2D eigenvalue weighted by Gasteiger charge is 2.26. The number of nitrogens with two attached hydrogens (primary N) is 1. The predicted octanol–water partition coefficient (Wildman–Crippen LogP) is 3.24. The average Bonchev–Trinajstić information content (AvgIpc) is 3.00. The normalized spacial score (nSPS) is 18.2. The van der Waals surface area contributed by atoms with Crippen LogP contribution in [0.5, 0.6) is 0 Å². The molecule has 1 aliphatic rings. The molecular formula is C16H19N3O2S. The molecule has 0 bridgehead atoms. The van der Waals surface area contributed by atoms with Gasteiger partial charge < -0.3 is 15.4 Å². The lowest BCUT2D eigenvalue weighted by atomic mass is 9.97. The van der Waals surface area contributed by atoms with E-state index in [-0.39, 0.29) is 6.09 Å². The van der Waals surface area contributed by atoms with Gasteiger partial charge in [-0.25, -0.2) is 9.78 Å². The van der Waals surface area contributed by atoms with Gasteiger partial charge in [-0.05, 0) is 18.4 Å². The molecule has 6 heteroatoms. The molecule has 2 N–H and O–H groups in total. The maximum atomic E-state index is 12.2. The van der Waals surface area contributed by atoms with E-state index in [2.05, 4.69) is 4.98 Å². The fourth-order valence-electron chi connectivity index (χ4n) is 2.68. The molecule has 1 amide bonds. The number of benzene rings is 1. The molecule has 1 aliphatic heterocycles. The lowest BCUT2D eigenvalue weighted by molar-refractivity contribution is 0.0861. The van der Waals surface area contributed by atoms with Gasteiger partial charge in [-0.2, -0.15) is 0 Å². The van der Waals surface area contributed by atoms with Gasteiger partial charge >= 0.3 is 6.09 Å². The van der Waals surface area contributed by atoms with Crippen molar-refractivity contribution in [3.05, 3.63) is 47.0 Å². The van der Waals surface area contributed by atoms with Crippen LogP contribution < -0.4 is 5.73 Å². The van der Waals surface area contributed by atoms with Crippen molar-refractivity contribution in [3.63, 3.8) is 0 Å². The quantitative estimate of drug-likeness (QED) is 0.943. The summed E-state index contributed by atoms with van der Waals surface area (Å²) in [6.07, 6.45) is 3.61. The standard InChI is InChI=1S/C16H19N3O2S/c17-15-18-9-14(22-15)13-7-4-8-19(10-13)16(20)21-11-12-5-2-1-3-6-12/h1-3,5-6,9,13H,4,7-8,10-11H2,(H2,17,18)/t13-/m1/s1. The van der Waals surface area contributed by atoms with Crippen molar-refractivity contribution in [2.24, 2.45) is 0 Å². The molecule has 1 saturated heterocycles. The fraction of sp³-hybridized carbons (Fsp3) is 0.375.